The zero-order chi connectivity index (χ0) is 22.7. The third kappa shape index (κ3) is 5.33. The molecule has 164 valence electrons. The van der Waals surface area contributed by atoms with Crippen LogP contribution in [-0.2, 0) is 18.6 Å². The second kappa shape index (κ2) is 9.10. The highest BCUT2D eigenvalue weighted by Gasteiger charge is 2.28. The predicted molar refractivity (Wildman–Crippen MR) is 122 cm³/mol. The van der Waals surface area contributed by atoms with Gasteiger partial charge >= 0.3 is 0 Å². The standard InChI is InChI=1S/C22H21Cl2N7O/c1-22(2,20-14-31(29-27-20)12-16-5-9-18(24)10-6-16)25-21(32)19-13-30(28-26-19)11-15-3-7-17(23)8-4-15/h3-10,13-14H,11-12H2,1-2H3,(H,25,32). The van der Waals surface area contributed by atoms with Gasteiger partial charge in [-0.2, -0.15) is 0 Å². The Bertz CT molecular complexity index is 1210. The van der Waals surface area contributed by atoms with Crippen molar-refractivity contribution in [1.29, 1.82) is 0 Å². The number of aromatic nitrogens is 6. The molecular weight excluding hydrogens is 449 g/mol. The molecule has 2 heterocycles. The van der Waals surface area contributed by atoms with Crippen LogP contribution in [0.25, 0.3) is 0 Å². The molecule has 2 aromatic heterocycles. The first-order valence-electron chi connectivity index (χ1n) is 9.91. The highest BCUT2D eigenvalue weighted by Crippen LogP contribution is 2.19. The van der Waals surface area contributed by atoms with Crippen LogP contribution in [0.1, 0.15) is 41.2 Å². The molecule has 0 saturated heterocycles. The van der Waals surface area contributed by atoms with Crippen LogP contribution in [-0.4, -0.2) is 35.9 Å². The van der Waals surface area contributed by atoms with Gasteiger partial charge in [0.1, 0.15) is 5.69 Å². The molecule has 1 N–H and O–H groups in total. The van der Waals surface area contributed by atoms with Gasteiger partial charge in [-0.25, -0.2) is 9.36 Å². The van der Waals surface area contributed by atoms with E-state index < -0.39 is 5.54 Å². The highest BCUT2D eigenvalue weighted by molar-refractivity contribution is 6.30. The molecule has 32 heavy (non-hydrogen) atoms. The number of carbonyl (C=O) groups is 1. The van der Waals surface area contributed by atoms with Crippen LogP contribution < -0.4 is 5.32 Å². The number of halogens is 2. The lowest BCUT2D eigenvalue weighted by atomic mass is 10.0. The van der Waals surface area contributed by atoms with Gasteiger partial charge in [-0.05, 0) is 49.2 Å². The van der Waals surface area contributed by atoms with Crippen LogP contribution >= 0.6 is 23.2 Å². The van der Waals surface area contributed by atoms with Crippen molar-refractivity contribution in [3.05, 3.63) is 93.5 Å². The second-order valence-electron chi connectivity index (χ2n) is 7.93. The molecule has 0 fully saturated rings. The van der Waals surface area contributed by atoms with E-state index in [0.29, 0.717) is 28.8 Å². The molecule has 0 radical (unpaired) electrons. The normalized spacial score (nSPS) is 11.5. The molecule has 0 aliphatic heterocycles. The van der Waals surface area contributed by atoms with Crippen molar-refractivity contribution in [2.75, 3.05) is 0 Å². The van der Waals surface area contributed by atoms with Crippen molar-refractivity contribution in [2.24, 2.45) is 0 Å². The van der Waals surface area contributed by atoms with Gasteiger partial charge in [0.2, 0.25) is 0 Å². The molecule has 0 unspecified atom stereocenters. The minimum absolute atomic E-state index is 0.223. The molecule has 4 aromatic rings. The second-order valence-corrected chi connectivity index (χ2v) is 8.81. The number of nitrogens with zero attached hydrogens (tertiary/aromatic N) is 6. The summed E-state index contributed by atoms with van der Waals surface area (Å²) in [6.45, 7) is 4.76. The highest BCUT2D eigenvalue weighted by atomic mass is 35.5. The van der Waals surface area contributed by atoms with Crippen molar-refractivity contribution in [1.82, 2.24) is 35.3 Å². The first kappa shape index (κ1) is 22.0. The number of hydrogen-bond acceptors (Lipinski definition) is 5. The Labute approximate surface area is 195 Å². The van der Waals surface area contributed by atoms with Gasteiger partial charge in [-0.3, -0.25) is 4.79 Å². The van der Waals surface area contributed by atoms with E-state index in [-0.39, 0.29) is 11.6 Å². The van der Waals surface area contributed by atoms with E-state index in [4.69, 9.17) is 23.2 Å². The maximum atomic E-state index is 12.8. The number of hydrogen-bond donors (Lipinski definition) is 1. The zero-order valence-corrected chi connectivity index (χ0v) is 19.0. The zero-order valence-electron chi connectivity index (χ0n) is 17.5. The van der Waals surface area contributed by atoms with Gasteiger partial charge in [-0.1, -0.05) is 57.9 Å². The van der Waals surface area contributed by atoms with Gasteiger partial charge in [0.15, 0.2) is 5.69 Å². The molecule has 0 aliphatic carbocycles. The van der Waals surface area contributed by atoms with Gasteiger partial charge in [0.25, 0.3) is 5.91 Å². The molecule has 0 saturated carbocycles. The van der Waals surface area contributed by atoms with Crippen molar-refractivity contribution in [3.8, 4) is 0 Å². The molecule has 4 rings (SSSR count). The van der Waals surface area contributed by atoms with Gasteiger partial charge < -0.3 is 5.32 Å². The van der Waals surface area contributed by atoms with Gasteiger partial charge in [0, 0.05) is 10.0 Å². The Morgan fingerprint density at radius 1 is 0.844 bits per heavy atom. The number of rotatable bonds is 7. The summed E-state index contributed by atoms with van der Waals surface area (Å²) < 4.78 is 3.32. The van der Waals surface area contributed by atoms with Gasteiger partial charge in [-0.15, -0.1) is 10.2 Å². The Morgan fingerprint density at radius 2 is 1.34 bits per heavy atom. The third-order valence-corrected chi connectivity index (χ3v) is 5.40. The van der Waals surface area contributed by atoms with E-state index in [2.05, 4.69) is 25.9 Å². The van der Waals surface area contributed by atoms with E-state index in [1.807, 2.05) is 68.6 Å². The summed E-state index contributed by atoms with van der Waals surface area (Å²) in [7, 11) is 0. The van der Waals surface area contributed by atoms with Crippen LogP contribution in [0.3, 0.4) is 0 Å². The van der Waals surface area contributed by atoms with E-state index in [1.54, 1.807) is 15.6 Å². The molecule has 0 spiro atoms. The fourth-order valence-electron chi connectivity index (χ4n) is 3.11. The Hall–Kier alpha value is -3.23. The largest absolute Gasteiger partial charge is 0.340 e. The quantitative estimate of drug-likeness (QED) is 0.442. The third-order valence-electron chi connectivity index (χ3n) is 4.89. The number of nitrogens with one attached hydrogen (secondary N) is 1. The first-order valence-corrected chi connectivity index (χ1v) is 10.7. The maximum absolute atomic E-state index is 12.8. The van der Waals surface area contributed by atoms with Crippen molar-refractivity contribution >= 4 is 29.1 Å². The van der Waals surface area contributed by atoms with Gasteiger partial charge in [0.05, 0.1) is 31.0 Å². The molecule has 1 amide bonds. The van der Waals surface area contributed by atoms with E-state index in [1.165, 1.54) is 0 Å². The fraction of sp³-hybridized carbons (Fsp3) is 0.227. The Morgan fingerprint density at radius 3 is 1.91 bits per heavy atom. The Kier molecular flexibility index (Phi) is 6.25. The minimum Gasteiger partial charge on any atom is -0.340 e. The number of amides is 1. The summed E-state index contributed by atoms with van der Waals surface area (Å²) in [5.41, 5.74) is 2.15. The van der Waals surface area contributed by atoms with E-state index >= 15 is 0 Å². The SMILES string of the molecule is CC(C)(NC(=O)c1cn(Cc2ccc(Cl)cc2)nn1)c1cn(Cc2ccc(Cl)cc2)nn1. The van der Waals surface area contributed by atoms with E-state index in [0.717, 1.165) is 11.1 Å². The van der Waals surface area contributed by atoms with Crippen LogP contribution in [0.4, 0.5) is 0 Å². The molecule has 0 atom stereocenters. The molecule has 0 aliphatic rings. The van der Waals surface area contributed by atoms with Crippen LogP contribution in [0, 0.1) is 0 Å². The average Bonchev–Trinajstić information content (AvgIpc) is 3.41. The maximum Gasteiger partial charge on any atom is 0.274 e. The molecule has 2 aromatic carbocycles. The minimum atomic E-state index is -0.755. The monoisotopic (exact) mass is 469 g/mol. The summed E-state index contributed by atoms with van der Waals surface area (Å²) in [6, 6.07) is 15.0. The van der Waals surface area contributed by atoms with Crippen LogP contribution in [0.5, 0.6) is 0 Å². The van der Waals surface area contributed by atoms with Crippen molar-refractivity contribution in [3.63, 3.8) is 0 Å². The summed E-state index contributed by atoms with van der Waals surface area (Å²) in [6.07, 6.45) is 3.42. The topological polar surface area (TPSA) is 90.5 Å². The molecular formula is C22H21Cl2N7O. The summed E-state index contributed by atoms with van der Waals surface area (Å²) in [5.74, 6) is -0.343. The lowest BCUT2D eigenvalue weighted by Crippen LogP contribution is -2.41. The van der Waals surface area contributed by atoms with Crippen LogP contribution in [0.2, 0.25) is 10.0 Å². The lowest BCUT2D eigenvalue weighted by Gasteiger charge is -2.22. The molecule has 0 bridgehead atoms. The summed E-state index contributed by atoms with van der Waals surface area (Å²) >= 11 is 11.9. The lowest BCUT2D eigenvalue weighted by molar-refractivity contribution is 0.0905. The first-order chi connectivity index (χ1) is 15.3. The smallest absolute Gasteiger partial charge is 0.274 e. The molecule has 10 heteroatoms. The Balaban J connectivity index is 1.40. The summed E-state index contributed by atoms with van der Waals surface area (Å²) in [4.78, 5) is 12.8. The van der Waals surface area contributed by atoms with E-state index in [9.17, 15) is 4.79 Å². The number of benzene rings is 2. The van der Waals surface area contributed by atoms with Crippen molar-refractivity contribution < 1.29 is 4.79 Å². The molecule has 8 nitrogen and oxygen atoms in total. The average molecular weight is 470 g/mol. The van der Waals surface area contributed by atoms with Crippen LogP contribution in [0.15, 0.2) is 60.9 Å². The summed E-state index contributed by atoms with van der Waals surface area (Å²) in [5, 5.41) is 20.8. The fourth-order valence-corrected chi connectivity index (χ4v) is 3.36. The predicted octanol–water partition coefficient (Wildman–Crippen LogP) is 3.94. The number of carbonyl (C=O) groups excluding carboxylic acids is 1. The van der Waals surface area contributed by atoms with Crippen molar-refractivity contribution in [2.45, 2.75) is 32.5 Å².